The quantitative estimate of drug-likeness (QED) is 0.695. The molecule has 0 aromatic heterocycles. The van der Waals surface area contributed by atoms with Crippen LogP contribution < -0.4 is 5.32 Å². The zero-order valence-corrected chi connectivity index (χ0v) is 15.7. The number of thiocarbonyl (C=S) groups is 1. The molecule has 1 fully saturated rings. The normalized spacial score (nSPS) is 15.3. The number of anilines is 1. The van der Waals surface area contributed by atoms with Gasteiger partial charge in [-0.15, -0.1) is 0 Å². The van der Waals surface area contributed by atoms with Crippen LogP contribution in [0.15, 0.2) is 48.5 Å². The van der Waals surface area contributed by atoms with Gasteiger partial charge in [-0.1, -0.05) is 53.5 Å². The van der Waals surface area contributed by atoms with Crippen molar-refractivity contribution < 1.29 is 0 Å². The van der Waals surface area contributed by atoms with Crippen molar-refractivity contribution in [3.63, 3.8) is 0 Å². The first-order chi connectivity index (χ1) is 11.6. The Morgan fingerprint density at radius 3 is 2.46 bits per heavy atom. The second kappa shape index (κ2) is 8.19. The van der Waals surface area contributed by atoms with Gasteiger partial charge in [-0.25, -0.2) is 0 Å². The molecule has 1 heterocycles. The van der Waals surface area contributed by atoms with E-state index in [0.29, 0.717) is 10.0 Å². The zero-order valence-electron chi connectivity index (χ0n) is 13.3. The van der Waals surface area contributed by atoms with Gasteiger partial charge in [0, 0.05) is 18.1 Å². The number of likely N-dealkylation sites (tertiary alicyclic amines) is 1. The molecule has 1 aliphatic heterocycles. The zero-order chi connectivity index (χ0) is 16.9. The minimum Gasteiger partial charge on any atom is -0.349 e. The summed E-state index contributed by atoms with van der Waals surface area (Å²) < 4.78 is 0. The van der Waals surface area contributed by atoms with Crippen LogP contribution in [0.25, 0.3) is 0 Å². The topological polar surface area (TPSA) is 15.3 Å². The second-order valence-electron chi connectivity index (χ2n) is 6.17. The van der Waals surface area contributed by atoms with Crippen molar-refractivity contribution in [3.8, 4) is 0 Å². The molecule has 2 aromatic carbocycles. The molecule has 0 spiro atoms. The van der Waals surface area contributed by atoms with E-state index < -0.39 is 0 Å². The average Bonchev–Trinajstić information content (AvgIpc) is 2.59. The molecule has 1 N–H and O–H groups in total. The van der Waals surface area contributed by atoms with Gasteiger partial charge in [0.05, 0.1) is 10.7 Å². The molecule has 0 atom stereocenters. The molecular weight excluding hydrogens is 359 g/mol. The Labute approximate surface area is 158 Å². The summed E-state index contributed by atoms with van der Waals surface area (Å²) in [6.07, 6.45) is 3.47. The van der Waals surface area contributed by atoms with Gasteiger partial charge in [-0.05, 0) is 61.2 Å². The molecule has 0 unspecified atom stereocenters. The van der Waals surface area contributed by atoms with Gasteiger partial charge in [0.15, 0.2) is 5.11 Å². The van der Waals surface area contributed by atoms with Gasteiger partial charge in [0.25, 0.3) is 0 Å². The summed E-state index contributed by atoms with van der Waals surface area (Å²) in [5.41, 5.74) is 2.22. The number of benzene rings is 2. The van der Waals surface area contributed by atoms with Gasteiger partial charge in [-0.2, -0.15) is 0 Å². The molecule has 0 radical (unpaired) electrons. The third-order valence-electron chi connectivity index (χ3n) is 4.44. The number of nitrogens with one attached hydrogen (secondary N) is 1. The third-order valence-corrected chi connectivity index (χ3v) is 5.35. The summed E-state index contributed by atoms with van der Waals surface area (Å²) in [5, 5.41) is 5.18. The predicted octanol–water partition coefficient (Wildman–Crippen LogP) is 5.64. The SMILES string of the molecule is S=C(Nc1ccc(Cl)cc1Cl)N1CCC(Cc2ccccc2)CC1. The Bertz CT molecular complexity index is 698. The van der Waals surface area contributed by atoms with Gasteiger partial charge < -0.3 is 10.2 Å². The molecule has 2 nitrogen and oxygen atoms in total. The minimum atomic E-state index is 0.587. The molecule has 1 aliphatic rings. The van der Waals surface area contributed by atoms with Crippen molar-refractivity contribution in [2.45, 2.75) is 19.3 Å². The van der Waals surface area contributed by atoms with Crippen LogP contribution in [0.4, 0.5) is 5.69 Å². The van der Waals surface area contributed by atoms with Crippen LogP contribution in [0.1, 0.15) is 18.4 Å². The van der Waals surface area contributed by atoms with Crippen LogP contribution in [-0.4, -0.2) is 23.1 Å². The summed E-state index contributed by atoms with van der Waals surface area (Å²) in [5.74, 6) is 0.727. The van der Waals surface area contributed by atoms with Crippen LogP contribution in [0.3, 0.4) is 0 Å². The van der Waals surface area contributed by atoms with E-state index in [2.05, 4.69) is 40.5 Å². The fraction of sp³-hybridized carbons (Fsp3) is 0.316. The predicted molar refractivity (Wildman–Crippen MR) is 107 cm³/mol. The third kappa shape index (κ3) is 4.62. The standard InChI is InChI=1S/C19H20Cl2N2S/c20-16-6-7-18(17(21)13-16)22-19(24)23-10-8-15(9-11-23)12-14-4-2-1-3-5-14/h1-7,13,15H,8-12H2,(H,22,24). The summed E-state index contributed by atoms with van der Waals surface area (Å²) in [4.78, 5) is 2.22. The van der Waals surface area contributed by atoms with E-state index in [1.54, 1.807) is 6.07 Å². The lowest BCUT2D eigenvalue weighted by Gasteiger charge is -2.34. The fourth-order valence-electron chi connectivity index (χ4n) is 3.07. The Morgan fingerprint density at radius 1 is 1.08 bits per heavy atom. The van der Waals surface area contributed by atoms with Crippen LogP contribution in [0.5, 0.6) is 0 Å². The van der Waals surface area contributed by atoms with E-state index in [0.717, 1.165) is 49.1 Å². The highest BCUT2D eigenvalue weighted by molar-refractivity contribution is 7.80. The van der Waals surface area contributed by atoms with E-state index in [1.165, 1.54) is 5.56 Å². The van der Waals surface area contributed by atoms with E-state index in [-0.39, 0.29) is 0 Å². The van der Waals surface area contributed by atoms with Crippen molar-refractivity contribution in [1.29, 1.82) is 0 Å². The molecule has 5 heteroatoms. The van der Waals surface area contributed by atoms with Crippen LogP contribution in [0.2, 0.25) is 10.0 Å². The second-order valence-corrected chi connectivity index (χ2v) is 7.40. The molecule has 0 saturated carbocycles. The number of piperidine rings is 1. The highest BCUT2D eigenvalue weighted by Gasteiger charge is 2.21. The van der Waals surface area contributed by atoms with Crippen molar-refractivity contribution in [2.75, 3.05) is 18.4 Å². The first-order valence-corrected chi connectivity index (χ1v) is 9.33. The first kappa shape index (κ1) is 17.5. The summed E-state index contributed by atoms with van der Waals surface area (Å²) in [6.45, 7) is 1.96. The van der Waals surface area contributed by atoms with E-state index in [9.17, 15) is 0 Å². The molecule has 0 aliphatic carbocycles. The van der Waals surface area contributed by atoms with E-state index in [1.807, 2.05) is 12.1 Å². The number of hydrogen-bond acceptors (Lipinski definition) is 1. The summed E-state index contributed by atoms with van der Waals surface area (Å²) >= 11 is 17.7. The van der Waals surface area contributed by atoms with Crippen LogP contribution in [-0.2, 0) is 6.42 Å². The van der Waals surface area contributed by atoms with Crippen molar-refractivity contribution >= 4 is 46.2 Å². The van der Waals surface area contributed by atoms with Gasteiger partial charge in [0.1, 0.15) is 0 Å². The molecule has 0 amide bonds. The Morgan fingerprint density at radius 2 is 1.79 bits per heavy atom. The Hall–Kier alpha value is -1.29. The summed E-state index contributed by atoms with van der Waals surface area (Å²) in [7, 11) is 0. The lowest BCUT2D eigenvalue weighted by atomic mass is 9.90. The first-order valence-electron chi connectivity index (χ1n) is 8.17. The Kier molecular flexibility index (Phi) is 5.99. The average molecular weight is 379 g/mol. The molecule has 3 rings (SSSR count). The highest BCUT2D eigenvalue weighted by atomic mass is 35.5. The fourth-order valence-corrected chi connectivity index (χ4v) is 3.82. The van der Waals surface area contributed by atoms with Crippen LogP contribution >= 0.6 is 35.4 Å². The number of halogens is 2. The van der Waals surface area contributed by atoms with Crippen molar-refractivity contribution in [3.05, 3.63) is 64.1 Å². The number of rotatable bonds is 3. The molecule has 126 valence electrons. The number of hydrogen-bond donors (Lipinski definition) is 1. The molecule has 2 aromatic rings. The maximum atomic E-state index is 6.20. The van der Waals surface area contributed by atoms with Gasteiger partial charge in [0.2, 0.25) is 0 Å². The van der Waals surface area contributed by atoms with Crippen molar-refractivity contribution in [1.82, 2.24) is 4.90 Å². The van der Waals surface area contributed by atoms with Gasteiger partial charge >= 0.3 is 0 Å². The largest absolute Gasteiger partial charge is 0.349 e. The molecule has 1 saturated heterocycles. The van der Waals surface area contributed by atoms with Gasteiger partial charge in [-0.3, -0.25) is 0 Å². The number of nitrogens with zero attached hydrogens (tertiary/aromatic N) is 1. The monoisotopic (exact) mass is 378 g/mol. The maximum Gasteiger partial charge on any atom is 0.173 e. The van der Waals surface area contributed by atoms with Crippen molar-refractivity contribution in [2.24, 2.45) is 5.92 Å². The highest BCUT2D eigenvalue weighted by Crippen LogP contribution is 2.27. The molecule has 24 heavy (non-hydrogen) atoms. The van der Waals surface area contributed by atoms with E-state index in [4.69, 9.17) is 35.4 Å². The minimum absolute atomic E-state index is 0.587. The lowest BCUT2D eigenvalue weighted by Crippen LogP contribution is -2.41. The maximum absolute atomic E-state index is 6.20. The lowest BCUT2D eigenvalue weighted by molar-refractivity contribution is 0.268. The van der Waals surface area contributed by atoms with Crippen LogP contribution in [0, 0.1) is 5.92 Å². The van der Waals surface area contributed by atoms with E-state index >= 15 is 0 Å². The summed E-state index contributed by atoms with van der Waals surface area (Å²) in [6, 6.07) is 16.1. The molecular formula is C19H20Cl2N2S. The smallest absolute Gasteiger partial charge is 0.173 e. The molecule has 0 bridgehead atoms. The Balaban J connectivity index is 1.51.